The minimum atomic E-state index is -0.392. The highest BCUT2D eigenvalue weighted by Crippen LogP contribution is 2.40. The quantitative estimate of drug-likeness (QED) is 0.287. The summed E-state index contributed by atoms with van der Waals surface area (Å²) in [6.07, 6.45) is 0.0385. The Morgan fingerprint density at radius 2 is 1.67 bits per heavy atom. The summed E-state index contributed by atoms with van der Waals surface area (Å²) in [5, 5.41) is 8.01. The number of halogens is 1. The minimum absolute atomic E-state index is 0.00792. The Balaban J connectivity index is 1.52. The predicted octanol–water partition coefficient (Wildman–Crippen LogP) is 5.00. The van der Waals surface area contributed by atoms with Crippen LogP contribution in [0.15, 0.2) is 63.9 Å². The Bertz CT molecular complexity index is 1750. The number of pyridine rings is 1. The van der Waals surface area contributed by atoms with Crippen molar-refractivity contribution in [2.75, 3.05) is 33.8 Å². The minimum Gasteiger partial charge on any atom is -0.493 e. The van der Waals surface area contributed by atoms with E-state index in [9.17, 15) is 9.59 Å². The zero-order chi connectivity index (χ0) is 27.7. The van der Waals surface area contributed by atoms with Crippen molar-refractivity contribution in [3.8, 4) is 28.9 Å². The Hall–Kier alpha value is -4.70. The first kappa shape index (κ1) is 25.9. The van der Waals surface area contributed by atoms with Gasteiger partial charge in [0.2, 0.25) is 11.7 Å². The molecule has 10 nitrogen and oxygen atoms in total. The van der Waals surface area contributed by atoms with Crippen molar-refractivity contribution in [2.45, 2.75) is 6.42 Å². The van der Waals surface area contributed by atoms with Crippen molar-refractivity contribution in [3.05, 3.63) is 75.5 Å². The third kappa shape index (κ3) is 4.59. The fraction of sp³-hybridized carbons (Fsp3) is 0.179. The first-order valence-corrected chi connectivity index (χ1v) is 12.1. The average Bonchev–Trinajstić information content (AvgIpc) is 3.37. The summed E-state index contributed by atoms with van der Waals surface area (Å²) < 4.78 is 28.1. The number of hydrogen-bond acceptors (Lipinski definition) is 8. The van der Waals surface area contributed by atoms with Crippen LogP contribution in [-0.2, 0) is 11.2 Å². The van der Waals surface area contributed by atoms with Gasteiger partial charge in [-0.2, -0.15) is 0 Å². The molecule has 39 heavy (non-hydrogen) atoms. The standard InChI is InChI=1S/C28H24ClN3O7/c1-35-20-13-16(14-21(36-2)26(20)37-3)30-22(33)12-15-7-5-8-17(11-15)32-19-10-6-9-18(29)23(19)25-24(27(32)34)28(38-4)39-31-25/h5-11,13-14H,12H2,1-4H3,(H,30,33). The molecule has 5 aromatic rings. The molecule has 0 aliphatic heterocycles. The summed E-state index contributed by atoms with van der Waals surface area (Å²) in [5.41, 5.74) is 2.15. The van der Waals surface area contributed by atoms with Crippen molar-refractivity contribution in [1.29, 1.82) is 0 Å². The van der Waals surface area contributed by atoms with Crippen molar-refractivity contribution in [3.63, 3.8) is 0 Å². The van der Waals surface area contributed by atoms with E-state index >= 15 is 0 Å². The molecule has 0 saturated heterocycles. The molecule has 11 heteroatoms. The Morgan fingerprint density at radius 1 is 0.949 bits per heavy atom. The van der Waals surface area contributed by atoms with Gasteiger partial charge in [0, 0.05) is 28.9 Å². The lowest BCUT2D eigenvalue weighted by Crippen LogP contribution is -2.20. The van der Waals surface area contributed by atoms with Crippen LogP contribution < -0.4 is 29.8 Å². The van der Waals surface area contributed by atoms with Crippen LogP contribution in [0.2, 0.25) is 5.02 Å². The normalized spacial score (nSPS) is 11.0. The molecule has 2 heterocycles. The van der Waals surface area contributed by atoms with Crippen molar-refractivity contribution in [1.82, 2.24) is 9.72 Å². The van der Waals surface area contributed by atoms with E-state index in [1.54, 1.807) is 54.6 Å². The van der Waals surface area contributed by atoms with Crippen LogP contribution in [0.1, 0.15) is 5.56 Å². The Labute approximate surface area is 227 Å². The number of ether oxygens (including phenoxy) is 4. The number of nitrogens with zero attached hydrogens (tertiary/aromatic N) is 2. The first-order chi connectivity index (χ1) is 18.9. The van der Waals surface area contributed by atoms with E-state index in [0.717, 1.165) is 0 Å². The highest BCUT2D eigenvalue weighted by molar-refractivity contribution is 6.37. The number of rotatable bonds is 8. The van der Waals surface area contributed by atoms with Gasteiger partial charge in [-0.15, -0.1) is 0 Å². The molecule has 0 atom stereocenters. The second kappa shape index (κ2) is 10.6. The maximum atomic E-state index is 13.7. The Kier molecular flexibility index (Phi) is 7.03. The zero-order valence-electron chi connectivity index (χ0n) is 21.5. The molecule has 1 amide bonds. The Morgan fingerprint density at radius 3 is 2.33 bits per heavy atom. The summed E-state index contributed by atoms with van der Waals surface area (Å²) in [7, 11) is 5.90. The van der Waals surface area contributed by atoms with Gasteiger partial charge in [0.05, 0.1) is 45.4 Å². The fourth-order valence-corrected chi connectivity index (χ4v) is 4.79. The number of aromatic nitrogens is 2. The highest BCUT2D eigenvalue weighted by atomic mass is 35.5. The van der Waals surface area contributed by atoms with Crippen LogP contribution in [-0.4, -0.2) is 44.1 Å². The largest absolute Gasteiger partial charge is 0.493 e. The maximum Gasteiger partial charge on any atom is 0.324 e. The second-order valence-corrected chi connectivity index (χ2v) is 8.89. The van der Waals surface area contributed by atoms with Gasteiger partial charge in [0.1, 0.15) is 5.52 Å². The lowest BCUT2D eigenvalue weighted by atomic mass is 10.1. The van der Waals surface area contributed by atoms with Crippen molar-refractivity contribution < 1.29 is 28.3 Å². The third-order valence-electron chi connectivity index (χ3n) is 6.21. The molecule has 0 aliphatic carbocycles. The molecular formula is C28H24ClN3O7. The van der Waals surface area contributed by atoms with Gasteiger partial charge in [-0.1, -0.05) is 35.0 Å². The monoisotopic (exact) mass is 549 g/mol. The van der Waals surface area contributed by atoms with Crippen LogP contribution in [0.4, 0.5) is 5.69 Å². The van der Waals surface area contributed by atoms with Crippen molar-refractivity contribution >= 4 is 45.0 Å². The molecule has 0 spiro atoms. The van der Waals surface area contributed by atoms with Gasteiger partial charge in [-0.05, 0) is 29.8 Å². The van der Waals surface area contributed by atoms with Crippen LogP contribution in [0.3, 0.4) is 0 Å². The number of benzene rings is 3. The molecule has 0 radical (unpaired) electrons. The van der Waals surface area contributed by atoms with Crippen molar-refractivity contribution in [2.24, 2.45) is 0 Å². The lowest BCUT2D eigenvalue weighted by Gasteiger charge is -2.15. The van der Waals surface area contributed by atoms with Gasteiger partial charge < -0.3 is 28.8 Å². The van der Waals surface area contributed by atoms with Gasteiger partial charge in [-0.25, -0.2) is 0 Å². The van der Waals surface area contributed by atoms with Gasteiger partial charge in [0.25, 0.3) is 5.56 Å². The van der Waals surface area contributed by atoms with Crippen LogP contribution >= 0.6 is 11.6 Å². The number of amides is 1. The molecule has 0 bridgehead atoms. The molecule has 0 unspecified atom stereocenters. The molecule has 0 fully saturated rings. The number of hydrogen-bond donors (Lipinski definition) is 1. The molecular weight excluding hydrogens is 526 g/mol. The number of nitrogens with one attached hydrogen (secondary N) is 1. The van der Waals surface area contributed by atoms with Crippen LogP contribution in [0, 0.1) is 0 Å². The fourth-order valence-electron chi connectivity index (χ4n) is 4.53. The van der Waals surface area contributed by atoms with Gasteiger partial charge in [-0.3, -0.25) is 14.2 Å². The first-order valence-electron chi connectivity index (χ1n) is 11.8. The van der Waals surface area contributed by atoms with E-state index in [4.69, 9.17) is 35.1 Å². The summed E-state index contributed by atoms with van der Waals surface area (Å²) in [5.74, 6) is 0.964. The summed E-state index contributed by atoms with van der Waals surface area (Å²) in [4.78, 5) is 26.7. The molecule has 0 aliphatic rings. The topological polar surface area (TPSA) is 114 Å². The molecule has 1 N–H and O–H groups in total. The second-order valence-electron chi connectivity index (χ2n) is 8.48. The summed E-state index contributed by atoms with van der Waals surface area (Å²) >= 11 is 6.52. The number of carbonyl (C=O) groups excluding carboxylic acids is 1. The number of methoxy groups -OCH3 is 4. The molecule has 2 aromatic heterocycles. The van der Waals surface area contributed by atoms with E-state index < -0.39 is 5.56 Å². The van der Waals surface area contributed by atoms with E-state index in [1.807, 2.05) is 0 Å². The molecule has 200 valence electrons. The average molecular weight is 550 g/mol. The van der Waals surface area contributed by atoms with E-state index in [-0.39, 0.29) is 23.7 Å². The smallest absolute Gasteiger partial charge is 0.324 e. The number of fused-ring (bicyclic) bond motifs is 3. The molecule has 3 aromatic carbocycles. The predicted molar refractivity (Wildman–Crippen MR) is 147 cm³/mol. The number of carbonyl (C=O) groups is 1. The van der Waals surface area contributed by atoms with E-state index in [2.05, 4.69) is 10.5 Å². The zero-order valence-corrected chi connectivity index (χ0v) is 22.3. The third-order valence-corrected chi connectivity index (χ3v) is 6.53. The van der Waals surface area contributed by atoms with E-state index in [1.165, 1.54) is 33.0 Å². The van der Waals surface area contributed by atoms with Crippen LogP contribution in [0.25, 0.3) is 27.5 Å². The lowest BCUT2D eigenvalue weighted by molar-refractivity contribution is -0.115. The van der Waals surface area contributed by atoms with Crippen LogP contribution in [0.5, 0.6) is 23.2 Å². The number of anilines is 1. The molecule has 5 rings (SSSR count). The summed E-state index contributed by atoms with van der Waals surface area (Å²) in [6.45, 7) is 0. The van der Waals surface area contributed by atoms with Gasteiger partial charge >= 0.3 is 5.95 Å². The SMILES string of the molecule is COc1cc(NC(=O)Cc2cccc(-n3c(=O)c4c(OC)onc4c4c(Cl)cccc43)c2)cc(OC)c1OC. The van der Waals surface area contributed by atoms with E-state index in [0.29, 0.717) is 55.6 Å². The van der Waals surface area contributed by atoms with Gasteiger partial charge in [0.15, 0.2) is 16.9 Å². The highest BCUT2D eigenvalue weighted by Gasteiger charge is 2.22. The molecule has 0 saturated carbocycles. The summed E-state index contributed by atoms with van der Waals surface area (Å²) in [6, 6.07) is 15.6. The maximum absolute atomic E-state index is 13.7.